The quantitative estimate of drug-likeness (QED) is 0.446. The summed E-state index contributed by atoms with van der Waals surface area (Å²) in [5.74, 6) is 0. The molecule has 0 heterocycles. The van der Waals surface area contributed by atoms with Crippen LogP contribution in [0.15, 0.2) is 0 Å². The maximum Gasteiger partial charge on any atom is 0.192 e. The van der Waals surface area contributed by atoms with Crippen molar-refractivity contribution in [3.8, 4) is 0 Å². The van der Waals surface area contributed by atoms with Gasteiger partial charge in [-0.25, -0.2) is 0 Å². The lowest BCUT2D eigenvalue weighted by Gasteiger charge is -1.82. The van der Waals surface area contributed by atoms with E-state index in [-0.39, 0.29) is 0 Å². The van der Waals surface area contributed by atoms with Gasteiger partial charge in [0.15, 0.2) is 9.76 Å². The molecule has 0 bridgehead atoms. The lowest BCUT2D eigenvalue weighted by molar-refractivity contribution is 0.442. The van der Waals surface area contributed by atoms with Gasteiger partial charge in [0.05, 0.1) is 0 Å². The third kappa shape index (κ3) is 4.18. The molecular weight excluding hydrogens is 80.1 g/mol. The van der Waals surface area contributed by atoms with Crippen molar-refractivity contribution in [2.75, 3.05) is 7.11 Å². The fourth-order valence-corrected chi connectivity index (χ4v) is 0.500. The summed E-state index contributed by atoms with van der Waals surface area (Å²) in [6.07, 6.45) is 0. The molecule has 0 aromatic rings. The summed E-state index contributed by atoms with van der Waals surface area (Å²) in [6, 6.07) is 1.20. The molecule has 0 atom stereocenters. The van der Waals surface area contributed by atoms with Crippen LogP contribution in [0.25, 0.3) is 0 Å². The molecule has 0 rings (SSSR count). The van der Waals surface area contributed by atoms with Crippen molar-refractivity contribution in [2.24, 2.45) is 0 Å². The van der Waals surface area contributed by atoms with Crippen LogP contribution in [-0.4, -0.2) is 16.9 Å². The summed E-state index contributed by atoms with van der Waals surface area (Å²) in [5.41, 5.74) is 0. The first kappa shape index (κ1) is 5.18. The Morgan fingerprint density at radius 1 is 1.80 bits per heavy atom. The Hall–Kier alpha value is 0.177. The molecule has 0 N–H and O–H groups in total. The minimum absolute atomic E-state index is 0.315. The molecule has 0 saturated carbocycles. The lowest BCUT2D eigenvalue weighted by atomic mass is 11.0. The standard InChI is InChI=1S/C3H9OSi/c1-3-5-4-2/h5H,3H2,1-2H3. The minimum Gasteiger partial charge on any atom is -0.424 e. The average molecular weight is 89.2 g/mol. The summed E-state index contributed by atoms with van der Waals surface area (Å²) >= 11 is 0. The fraction of sp³-hybridized carbons (Fsp3) is 1.00. The molecule has 0 aliphatic rings. The summed E-state index contributed by atoms with van der Waals surface area (Å²) in [6.45, 7) is 2.12. The first-order chi connectivity index (χ1) is 2.41. The molecule has 31 valence electrons. The Morgan fingerprint density at radius 3 is 2.40 bits per heavy atom. The van der Waals surface area contributed by atoms with Crippen molar-refractivity contribution in [1.29, 1.82) is 0 Å². The Labute approximate surface area is 35.3 Å². The van der Waals surface area contributed by atoms with Crippen molar-refractivity contribution in [2.45, 2.75) is 13.0 Å². The molecule has 0 aromatic carbocycles. The van der Waals surface area contributed by atoms with Crippen LogP contribution < -0.4 is 0 Å². The Kier molecular flexibility index (Phi) is 4.32. The molecule has 0 aliphatic heterocycles. The van der Waals surface area contributed by atoms with Crippen molar-refractivity contribution in [1.82, 2.24) is 0 Å². The van der Waals surface area contributed by atoms with Crippen molar-refractivity contribution in [3.05, 3.63) is 0 Å². The van der Waals surface area contributed by atoms with E-state index in [0.29, 0.717) is 9.76 Å². The third-order valence-electron chi connectivity index (χ3n) is 0.333. The van der Waals surface area contributed by atoms with E-state index in [1.807, 2.05) is 0 Å². The van der Waals surface area contributed by atoms with Gasteiger partial charge in [-0.05, 0) is 6.04 Å². The first-order valence-corrected chi connectivity index (χ1v) is 3.05. The van der Waals surface area contributed by atoms with Gasteiger partial charge in [-0.1, -0.05) is 6.92 Å². The number of rotatable bonds is 2. The molecular formula is C3H9OSi. The maximum atomic E-state index is 4.77. The summed E-state index contributed by atoms with van der Waals surface area (Å²) < 4.78 is 4.77. The highest BCUT2D eigenvalue weighted by molar-refractivity contribution is 6.26. The summed E-state index contributed by atoms with van der Waals surface area (Å²) in [5, 5.41) is 0. The van der Waals surface area contributed by atoms with Crippen LogP contribution in [0.2, 0.25) is 6.04 Å². The second kappa shape index (κ2) is 4.18. The second-order valence-electron chi connectivity index (χ2n) is 0.811. The third-order valence-corrected chi connectivity index (χ3v) is 1.00. The Morgan fingerprint density at radius 2 is 2.40 bits per heavy atom. The molecule has 0 aliphatic carbocycles. The van der Waals surface area contributed by atoms with E-state index < -0.39 is 0 Å². The van der Waals surface area contributed by atoms with E-state index in [1.54, 1.807) is 7.11 Å². The van der Waals surface area contributed by atoms with Crippen molar-refractivity contribution >= 4 is 9.76 Å². The molecule has 1 radical (unpaired) electrons. The normalized spacial score (nSPS) is 8.40. The van der Waals surface area contributed by atoms with Crippen LogP contribution in [0.4, 0.5) is 0 Å². The predicted molar refractivity (Wildman–Crippen MR) is 24.6 cm³/mol. The summed E-state index contributed by atoms with van der Waals surface area (Å²) in [7, 11) is 2.06. The van der Waals surface area contributed by atoms with Gasteiger partial charge in [-0.3, -0.25) is 0 Å². The first-order valence-electron chi connectivity index (χ1n) is 1.76. The van der Waals surface area contributed by atoms with Gasteiger partial charge < -0.3 is 4.43 Å². The Bertz CT molecular complexity index is 14.4. The minimum atomic E-state index is 0.315. The van der Waals surface area contributed by atoms with Gasteiger partial charge in [0.25, 0.3) is 0 Å². The van der Waals surface area contributed by atoms with E-state index in [0.717, 1.165) is 0 Å². The second-order valence-corrected chi connectivity index (χ2v) is 2.43. The van der Waals surface area contributed by atoms with E-state index >= 15 is 0 Å². The molecule has 0 unspecified atom stereocenters. The smallest absolute Gasteiger partial charge is 0.192 e. The zero-order chi connectivity index (χ0) is 4.12. The largest absolute Gasteiger partial charge is 0.424 e. The van der Waals surface area contributed by atoms with Crippen molar-refractivity contribution < 1.29 is 4.43 Å². The van der Waals surface area contributed by atoms with E-state index in [4.69, 9.17) is 4.43 Å². The highest BCUT2D eigenvalue weighted by Crippen LogP contribution is 1.68. The highest BCUT2D eigenvalue weighted by Gasteiger charge is 1.70. The van der Waals surface area contributed by atoms with Gasteiger partial charge in [0.1, 0.15) is 0 Å². The zero-order valence-corrected chi connectivity index (χ0v) is 4.85. The molecule has 0 fully saturated rings. The zero-order valence-electron chi connectivity index (χ0n) is 3.69. The van der Waals surface area contributed by atoms with Crippen LogP contribution in [-0.2, 0) is 4.43 Å². The molecule has 0 saturated heterocycles. The van der Waals surface area contributed by atoms with Crippen LogP contribution in [0.3, 0.4) is 0 Å². The van der Waals surface area contributed by atoms with E-state index in [9.17, 15) is 0 Å². The van der Waals surface area contributed by atoms with Crippen LogP contribution >= 0.6 is 0 Å². The van der Waals surface area contributed by atoms with Gasteiger partial charge in [0, 0.05) is 7.11 Å². The maximum absolute atomic E-state index is 4.77. The van der Waals surface area contributed by atoms with Gasteiger partial charge in [0.2, 0.25) is 0 Å². The number of hydrogen-bond donors (Lipinski definition) is 0. The molecule has 0 amide bonds. The van der Waals surface area contributed by atoms with Crippen molar-refractivity contribution in [3.63, 3.8) is 0 Å². The van der Waals surface area contributed by atoms with Crippen LogP contribution in [0, 0.1) is 0 Å². The van der Waals surface area contributed by atoms with E-state index in [1.165, 1.54) is 6.04 Å². The fourth-order valence-electron chi connectivity index (χ4n) is 0.167. The molecule has 2 heteroatoms. The van der Waals surface area contributed by atoms with Gasteiger partial charge in [-0.15, -0.1) is 0 Å². The Balaban J connectivity index is 2.19. The van der Waals surface area contributed by atoms with Crippen LogP contribution in [0.1, 0.15) is 6.92 Å². The lowest BCUT2D eigenvalue weighted by Crippen LogP contribution is -1.86. The monoisotopic (exact) mass is 89.0 g/mol. The van der Waals surface area contributed by atoms with E-state index in [2.05, 4.69) is 6.92 Å². The predicted octanol–water partition coefficient (Wildman–Crippen LogP) is 0.422. The van der Waals surface area contributed by atoms with Crippen LogP contribution in [0.5, 0.6) is 0 Å². The SMILES string of the molecule is CC[SiH]OC. The average Bonchev–Trinajstić information content (AvgIpc) is 1.41. The molecule has 0 spiro atoms. The molecule has 0 aromatic heterocycles. The summed E-state index contributed by atoms with van der Waals surface area (Å²) in [4.78, 5) is 0. The molecule has 5 heavy (non-hydrogen) atoms. The van der Waals surface area contributed by atoms with Gasteiger partial charge in [-0.2, -0.15) is 0 Å². The highest BCUT2D eigenvalue weighted by atomic mass is 28.2. The topological polar surface area (TPSA) is 9.23 Å². The molecule has 1 nitrogen and oxygen atoms in total. The number of hydrogen-bond acceptors (Lipinski definition) is 1. The van der Waals surface area contributed by atoms with Gasteiger partial charge >= 0.3 is 0 Å².